The van der Waals surface area contributed by atoms with Crippen molar-refractivity contribution in [2.75, 3.05) is 0 Å². The van der Waals surface area contributed by atoms with Crippen molar-refractivity contribution >= 4 is 50.1 Å². The predicted octanol–water partition coefficient (Wildman–Crippen LogP) is 5.07. The summed E-state index contributed by atoms with van der Waals surface area (Å²) in [5.74, 6) is 0.806. The van der Waals surface area contributed by atoms with E-state index in [0.717, 1.165) is 28.8 Å². The van der Waals surface area contributed by atoms with Crippen LogP contribution in [-0.4, -0.2) is 37.9 Å². The molecule has 1 aromatic carbocycles. The molecule has 4 aliphatic rings. The number of hydrogen-bond donors (Lipinski definition) is 1. The van der Waals surface area contributed by atoms with Gasteiger partial charge < -0.3 is 9.88 Å². The van der Waals surface area contributed by atoms with E-state index in [4.69, 9.17) is 12.2 Å². The summed E-state index contributed by atoms with van der Waals surface area (Å²) < 4.78 is 1.09. The Morgan fingerprint density at radius 1 is 1.11 bits per heavy atom. The standard InChI is InChI=1S/C22H24BrN3OS/c23-13-6-9-17-15(10-13)16-11-18-21(27)25(14-7-8-14)22(28)26(18)20(19(16)24-17)12-4-2-1-3-5-12/h6,9-10,12,14,18,20,24H,1-5,7-8,11H2. The van der Waals surface area contributed by atoms with E-state index in [-0.39, 0.29) is 18.0 Å². The number of nitrogens with one attached hydrogen (secondary N) is 1. The number of carbonyl (C=O) groups excluding carboxylic acids is 1. The monoisotopic (exact) mass is 457 g/mol. The Kier molecular flexibility index (Phi) is 3.93. The van der Waals surface area contributed by atoms with Crippen molar-refractivity contribution in [1.82, 2.24) is 14.8 Å². The lowest BCUT2D eigenvalue weighted by Crippen LogP contribution is -2.46. The summed E-state index contributed by atoms with van der Waals surface area (Å²) in [5, 5.41) is 2.05. The molecule has 2 atom stereocenters. The first-order valence-corrected chi connectivity index (χ1v) is 11.8. The molecule has 0 radical (unpaired) electrons. The van der Waals surface area contributed by atoms with Crippen molar-refractivity contribution in [3.05, 3.63) is 33.9 Å². The molecule has 4 nitrogen and oxygen atoms in total. The van der Waals surface area contributed by atoms with Crippen LogP contribution in [0.1, 0.15) is 62.2 Å². The lowest BCUT2D eigenvalue weighted by Gasteiger charge is -2.42. The second-order valence-corrected chi connectivity index (χ2v) is 10.2. The highest BCUT2D eigenvalue weighted by Gasteiger charge is 2.54. The van der Waals surface area contributed by atoms with E-state index in [1.807, 2.05) is 4.90 Å². The molecule has 1 N–H and O–H groups in total. The van der Waals surface area contributed by atoms with Gasteiger partial charge in [0.2, 0.25) is 0 Å². The van der Waals surface area contributed by atoms with Gasteiger partial charge in [-0.05, 0) is 67.6 Å². The molecule has 0 spiro atoms. The SMILES string of the molecule is O=C1C2Cc3c([nH]c4ccc(Br)cc34)C(C3CCCCC3)N2C(=S)N1C1CC1. The Balaban J connectivity index is 1.52. The number of halogens is 1. The lowest BCUT2D eigenvalue weighted by atomic mass is 9.78. The Morgan fingerprint density at radius 2 is 1.89 bits per heavy atom. The van der Waals surface area contributed by atoms with Crippen molar-refractivity contribution < 1.29 is 4.79 Å². The minimum atomic E-state index is -0.120. The molecule has 0 bridgehead atoms. The summed E-state index contributed by atoms with van der Waals surface area (Å²) in [4.78, 5) is 21.4. The highest BCUT2D eigenvalue weighted by atomic mass is 79.9. The highest BCUT2D eigenvalue weighted by Crippen LogP contribution is 2.49. The third kappa shape index (κ3) is 2.46. The molecule has 2 aliphatic carbocycles. The fourth-order valence-corrected chi connectivity index (χ4v) is 6.60. The molecule has 2 unspecified atom stereocenters. The van der Waals surface area contributed by atoms with Crippen molar-refractivity contribution in [2.24, 2.45) is 5.92 Å². The molecular formula is C22H24BrN3OS. The molecule has 2 aliphatic heterocycles. The lowest BCUT2D eigenvalue weighted by molar-refractivity contribution is -0.129. The number of benzene rings is 1. The van der Waals surface area contributed by atoms with Gasteiger partial charge in [-0.15, -0.1) is 0 Å². The average molecular weight is 458 g/mol. The van der Waals surface area contributed by atoms with Crippen LogP contribution in [0.2, 0.25) is 0 Å². The maximum atomic E-state index is 13.4. The second-order valence-electron chi connectivity index (χ2n) is 8.90. The van der Waals surface area contributed by atoms with Crippen LogP contribution >= 0.6 is 28.1 Å². The number of carbonyl (C=O) groups is 1. The van der Waals surface area contributed by atoms with Crippen molar-refractivity contribution in [3.8, 4) is 0 Å². The molecule has 1 saturated heterocycles. The first-order chi connectivity index (χ1) is 13.6. The molecule has 3 fully saturated rings. The summed E-state index contributed by atoms with van der Waals surface area (Å²) in [5.41, 5.74) is 3.82. The third-order valence-electron chi connectivity index (χ3n) is 7.19. The highest BCUT2D eigenvalue weighted by molar-refractivity contribution is 9.10. The number of thiocarbonyl (C=S) groups is 1. The number of amides is 1. The van der Waals surface area contributed by atoms with Crippen LogP contribution in [0.4, 0.5) is 0 Å². The van der Waals surface area contributed by atoms with E-state index in [0.29, 0.717) is 12.0 Å². The van der Waals surface area contributed by atoms with Gasteiger partial charge in [0.1, 0.15) is 6.04 Å². The maximum absolute atomic E-state index is 13.4. The number of H-pyrrole nitrogens is 1. The zero-order valence-corrected chi connectivity index (χ0v) is 18.2. The van der Waals surface area contributed by atoms with E-state index >= 15 is 0 Å². The van der Waals surface area contributed by atoms with E-state index in [1.54, 1.807) is 0 Å². The number of fused-ring (bicyclic) bond motifs is 4. The number of aromatic nitrogens is 1. The van der Waals surface area contributed by atoms with Crippen LogP contribution in [-0.2, 0) is 11.2 Å². The summed E-state index contributed by atoms with van der Waals surface area (Å²) in [7, 11) is 0. The Morgan fingerprint density at radius 3 is 2.64 bits per heavy atom. The minimum Gasteiger partial charge on any atom is -0.356 e. The first kappa shape index (κ1) is 17.5. The van der Waals surface area contributed by atoms with Gasteiger partial charge in [-0.2, -0.15) is 0 Å². The second kappa shape index (κ2) is 6.30. The van der Waals surface area contributed by atoms with E-state index in [2.05, 4.69) is 44.0 Å². The largest absolute Gasteiger partial charge is 0.356 e. The summed E-state index contributed by atoms with van der Waals surface area (Å²) >= 11 is 9.55. The predicted molar refractivity (Wildman–Crippen MR) is 117 cm³/mol. The van der Waals surface area contributed by atoms with Gasteiger partial charge >= 0.3 is 0 Å². The van der Waals surface area contributed by atoms with E-state index in [1.165, 1.54) is 54.3 Å². The number of nitrogens with zero attached hydrogens (tertiary/aromatic N) is 2. The fourth-order valence-electron chi connectivity index (χ4n) is 5.76. The van der Waals surface area contributed by atoms with Gasteiger partial charge in [0.05, 0.1) is 6.04 Å². The van der Waals surface area contributed by atoms with Gasteiger partial charge in [0.15, 0.2) is 5.11 Å². The molecule has 2 aromatic rings. The molecule has 146 valence electrons. The van der Waals surface area contributed by atoms with Crippen LogP contribution in [0.3, 0.4) is 0 Å². The maximum Gasteiger partial charge on any atom is 0.252 e. The van der Waals surface area contributed by atoms with Crippen LogP contribution in [0.25, 0.3) is 10.9 Å². The molecule has 1 aromatic heterocycles. The zero-order valence-electron chi connectivity index (χ0n) is 15.8. The smallest absolute Gasteiger partial charge is 0.252 e. The normalized spacial score (nSPS) is 28.2. The van der Waals surface area contributed by atoms with Gasteiger partial charge in [-0.1, -0.05) is 35.2 Å². The molecule has 6 heteroatoms. The average Bonchev–Trinajstić information content (AvgIpc) is 3.43. The van der Waals surface area contributed by atoms with Crippen LogP contribution < -0.4 is 0 Å². The molecule has 3 heterocycles. The summed E-state index contributed by atoms with van der Waals surface area (Å²) in [6.45, 7) is 0. The van der Waals surface area contributed by atoms with Crippen LogP contribution in [0, 0.1) is 5.92 Å². The van der Waals surface area contributed by atoms with Crippen LogP contribution in [0.15, 0.2) is 22.7 Å². The molecule has 28 heavy (non-hydrogen) atoms. The number of hydrogen-bond acceptors (Lipinski definition) is 2. The van der Waals surface area contributed by atoms with Gasteiger partial charge in [-0.3, -0.25) is 9.69 Å². The zero-order chi connectivity index (χ0) is 19.0. The number of aromatic amines is 1. The van der Waals surface area contributed by atoms with Gasteiger partial charge in [0, 0.05) is 33.5 Å². The molecule has 6 rings (SSSR count). The van der Waals surface area contributed by atoms with E-state index < -0.39 is 0 Å². The van der Waals surface area contributed by atoms with E-state index in [9.17, 15) is 4.79 Å². The van der Waals surface area contributed by atoms with Crippen molar-refractivity contribution in [1.29, 1.82) is 0 Å². The summed E-state index contributed by atoms with van der Waals surface area (Å²) in [6.07, 6.45) is 9.32. The number of rotatable bonds is 2. The van der Waals surface area contributed by atoms with Gasteiger partial charge in [0.25, 0.3) is 5.91 Å². The Labute approximate surface area is 178 Å². The molecular weight excluding hydrogens is 434 g/mol. The van der Waals surface area contributed by atoms with Crippen molar-refractivity contribution in [2.45, 2.75) is 69.5 Å². The first-order valence-electron chi connectivity index (χ1n) is 10.6. The quantitative estimate of drug-likeness (QED) is 0.639. The topological polar surface area (TPSA) is 39.3 Å². The Hall–Kier alpha value is -1.40. The summed E-state index contributed by atoms with van der Waals surface area (Å²) in [6, 6.07) is 6.88. The van der Waals surface area contributed by atoms with Crippen LogP contribution in [0.5, 0.6) is 0 Å². The van der Waals surface area contributed by atoms with Crippen molar-refractivity contribution in [3.63, 3.8) is 0 Å². The van der Waals surface area contributed by atoms with Gasteiger partial charge in [-0.25, -0.2) is 0 Å². The molecule has 2 saturated carbocycles. The fraction of sp³-hybridized carbons (Fsp3) is 0.545. The third-order valence-corrected chi connectivity index (χ3v) is 8.09. The Bertz CT molecular complexity index is 991. The molecule has 1 amide bonds. The minimum absolute atomic E-state index is 0.120.